The van der Waals surface area contributed by atoms with Gasteiger partial charge in [-0.25, -0.2) is 0 Å². The lowest BCUT2D eigenvalue weighted by Crippen LogP contribution is -2.42. The van der Waals surface area contributed by atoms with Crippen molar-refractivity contribution in [3.05, 3.63) is 35.9 Å². The second-order valence-electron chi connectivity index (χ2n) is 3.41. The summed E-state index contributed by atoms with van der Waals surface area (Å²) in [6.07, 6.45) is -10.0. The van der Waals surface area contributed by atoms with Crippen LogP contribution in [0.25, 0.3) is 0 Å². The van der Waals surface area contributed by atoms with Crippen molar-refractivity contribution in [3.8, 4) is 0 Å². The van der Waals surface area contributed by atoms with Crippen molar-refractivity contribution >= 4 is 18.4 Å². The molecule has 1 fully saturated rings. The van der Waals surface area contributed by atoms with Crippen molar-refractivity contribution in [2.75, 3.05) is 13.6 Å². The fraction of sp³-hybridized carbons (Fsp3) is 0.500. The van der Waals surface area contributed by atoms with Gasteiger partial charge in [0.15, 0.2) is 0 Å². The summed E-state index contributed by atoms with van der Waals surface area (Å²) in [4.78, 5) is 12.4. The highest BCUT2D eigenvalue weighted by Crippen LogP contribution is 2.26. The van der Waals surface area contributed by atoms with Gasteiger partial charge in [0, 0.05) is 18.4 Å². The zero-order valence-corrected chi connectivity index (χ0v) is 10.5. The summed E-state index contributed by atoms with van der Waals surface area (Å²) < 4.78 is 76.9. The second-order valence-corrected chi connectivity index (χ2v) is 3.41. The van der Waals surface area contributed by atoms with Crippen molar-refractivity contribution in [2.45, 2.75) is 31.1 Å². The van der Waals surface area contributed by atoms with Crippen molar-refractivity contribution in [1.29, 1.82) is 0 Å². The van der Waals surface area contributed by atoms with E-state index in [0.29, 0.717) is 0 Å². The van der Waals surface area contributed by atoms with E-state index in [2.05, 4.69) is 4.74 Å². The SMILES string of the molecule is Cl.[2H]C1([2H])N[C@]([2H])([C@@H](C(=O)OC)c2ccccc2)C([2H])([2H])C([2H])([2H])C1([2H])[2H]. The van der Waals surface area contributed by atoms with Crippen LogP contribution in [0.3, 0.4) is 0 Å². The fourth-order valence-electron chi connectivity index (χ4n) is 1.59. The number of carbonyl (C=O) groups is 1. The Morgan fingerprint density at radius 3 is 2.89 bits per heavy atom. The molecule has 2 rings (SSSR count). The van der Waals surface area contributed by atoms with Crippen LogP contribution < -0.4 is 5.32 Å². The third-order valence-corrected chi connectivity index (χ3v) is 2.38. The summed E-state index contributed by atoms with van der Waals surface area (Å²) in [6, 6.07) is 4.59. The van der Waals surface area contributed by atoms with Crippen LogP contribution in [0.4, 0.5) is 0 Å². The molecule has 0 spiro atoms. The monoisotopic (exact) mass is 278 g/mol. The smallest absolute Gasteiger partial charge is 0.314 e. The number of rotatable bonds is 3. The number of piperidine rings is 1. The Balaban J connectivity index is 0.00000364. The van der Waals surface area contributed by atoms with Gasteiger partial charge in [-0.05, 0) is 24.8 Å². The molecule has 1 aromatic carbocycles. The summed E-state index contributed by atoms with van der Waals surface area (Å²) in [5, 5.41) is 1.93. The number of hydrogen-bond acceptors (Lipinski definition) is 3. The van der Waals surface area contributed by atoms with Crippen molar-refractivity contribution in [3.63, 3.8) is 0 Å². The fourth-order valence-corrected chi connectivity index (χ4v) is 1.59. The Labute approximate surface area is 127 Å². The van der Waals surface area contributed by atoms with Gasteiger partial charge in [0.05, 0.1) is 13.0 Å². The molecule has 1 heterocycles. The van der Waals surface area contributed by atoms with Crippen LogP contribution in [-0.4, -0.2) is 25.6 Å². The maximum atomic E-state index is 12.4. The third-order valence-electron chi connectivity index (χ3n) is 2.38. The minimum Gasteiger partial charge on any atom is -0.469 e. The standard InChI is InChI=1S/C14H19NO2.ClH/c1-17-14(16)13(11-7-3-2-4-8-11)12-9-5-6-10-15-12;/h2-4,7-8,12-13,15H,5-6,9-10H2,1H3;1H/t12-,13-;/m0./s1/i5D2,6D2,9D2,10D2,12D;. The molecule has 1 aromatic rings. The Kier molecular flexibility index (Phi) is 2.63. The zero-order chi connectivity index (χ0) is 20.2. The molecule has 1 saturated heterocycles. The molecule has 100 valence electrons. The molecule has 0 saturated carbocycles. The van der Waals surface area contributed by atoms with Crippen molar-refractivity contribution in [2.24, 2.45) is 0 Å². The number of ether oxygens (including phenoxy) is 1. The van der Waals surface area contributed by atoms with E-state index in [1.165, 1.54) is 24.3 Å². The predicted octanol–water partition coefficient (Wildman–Crippen LogP) is 2.51. The number of hydrogen-bond donors (Lipinski definition) is 1. The first-order chi connectivity index (χ1) is 11.7. The second kappa shape index (κ2) is 7.39. The summed E-state index contributed by atoms with van der Waals surface area (Å²) in [5.74, 6) is -2.82. The van der Waals surface area contributed by atoms with Crippen LogP contribution in [0.5, 0.6) is 0 Å². The Hall–Kier alpha value is -1.06. The first-order valence-electron chi connectivity index (χ1n) is 9.59. The maximum Gasteiger partial charge on any atom is 0.314 e. The third kappa shape index (κ3) is 3.47. The van der Waals surface area contributed by atoms with E-state index < -0.39 is 43.5 Å². The Morgan fingerprint density at radius 1 is 1.50 bits per heavy atom. The lowest BCUT2D eigenvalue weighted by molar-refractivity contribution is -0.143. The molecule has 0 bridgehead atoms. The van der Waals surface area contributed by atoms with Crippen LogP contribution in [0.1, 0.15) is 42.9 Å². The van der Waals surface area contributed by atoms with Gasteiger partial charge >= 0.3 is 5.97 Å². The molecule has 4 heteroatoms. The van der Waals surface area contributed by atoms with Gasteiger partial charge in [-0.1, -0.05) is 36.7 Å². The molecular formula is C14H20ClNO2. The maximum absolute atomic E-state index is 12.4. The van der Waals surface area contributed by atoms with Gasteiger partial charge in [0.2, 0.25) is 0 Å². The molecular weight excluding hydrogens is 250 g/mol. The van der Waals surface area contributed by atoms with Gasteiger partial charge in [0.25, 0.3) is 0 Å². The van der Waals surface area contributed by atoms with Crippen LogP contribution in [0.2, 0.25) is 0 Å². The lowest BCUT2D eigenvalue weighted by atomic mass is 9.86. The van der Waals surface area contributed by atoms with E-state index in [9.17, 15) is 4.79 Å². The molecule has 18 heavy (non-hydrogen) atoms. The number of methoxy groups -OCH3 is 1. The Bertz CT molecular complexity index is 701. The molecule has 2 atom stereocenters. The highest BCUT2D eigenvalue weighted by molar-refractivity contribution is 5.85. The normalized spacial score (nSPS) is 43.3. The van der Waals surface area contributed by atoms with Crippen LogP contribution in [0, 0.1) is 0 Å². The van der Waals surface area contributed by atoms with E-state index in [-0.39, 0.29) is 18.0 Å². The first kappa shape index (κ1) is 6.40. The molecule has 1 N–H and O–H groups in total. The number of nitrogens with one attached hydrogen (secondary N) is 1. The topological polar surface area (TPSA) is 38.3 Å². The summed E-state index contributed by atoms with van der Waals surface area (Å²) in [5.41, 5.74) is 0.111. The van der Waals surface area contributed by atoms with Gasteiger partial charge in [-0.15, -0.1) is 12.4 Å². The van der Waals surface area contributed by atoms with E-state index in [0.717, 1.165) is 7.11 Å². The summed E-state index contributed by atoms with van der Waals surface area (Å²) in [6.45, 7) is -3.13. The molecule has 1 aliphatic rings. The summed E-state index contributed by atoms with van der Waals surface area (Å²) in [7, 11) is 1.02. The molecule has 0 aliphatic carbocycles. The highest BCUT2D eigenvalue weighted by Gasteiger charge is 2.31. The molecule has 0 radical (unpaired) electrons. The van der Waals surface area contributed by atoms with E-state index in [1.54, 1.807) is 6.07 Å². The highest BCUT2D eigenvalue weighted by atomic mass is 35.5. The molecule has 0 amide bonds. The number of halogens is 1. The largest absolute Gasteiger partial charge is 0.469 e. The number of esters is 1. The number of carbonyl (C=O) groups excluding carboxylic acids is 1. The van der Waals surface area contributed by atoms with E-state index in [4.69, 9.17) is 12.3 Å². The predicted molar refractivity (Wildman–Crippen MR) is 74.1 cm³/mol. The van der Waals surface area contributed by atoms with Gasteiger partial charge in [-0.3, -0.25) is 4.79 Å². The van der Waals surface area contributed by atoms with Crippen molar-refractivity contribution < 1.29 is 21.9 Å². The molecule has 1 aliphatic heterocycles. The van der Waals surface area contributed by atoms with Gasteiger partial charge in [0.1, 0.15) is 0 Å². The molecule has 0 unspecified atom stereocenters. The van der Waals surface area contributed by atoms with E-state index in [1.807, 2.05) is 5.32 Å². The van der Waals surface area contributed by atoms with Gasteiger partial charge < -0.3 is 10.1 Å². The van der Waals surface area contributed by atoms with Crippen LogP contribution >= 0.6 is 12.4 Å². The average Bonchev–Trinajstić information content (AvgIpc) is 2.53. The average molecular weight is 279 g/mol. The quantitative estimate of drug-likeness (QED) is 0.864. The van der Waals surface area contributed by atoms with E-state index >= 15 is 0 Å². The minimum absolute atomic E-state index is 0. The lowest BCUT2D eigenvalue weighted by Gasteiger charge is -2.29. The minimum atomic E-state index is -3.43. The number of benzene rings is 1. The Morgan fingerprint density at radius 2 is 2.22 bits per heavy atom. The zero-order valence-electron chi connectivity index (χ0n) is 18.7. The molecule has 3 nitrogen and oxygen atoms in total. The van der Waals surface area contributed by atoms with Gasteiger partial charge in [-0.2, -0.15) is 0 Å². The first-order valence-corrected chi connectivity index (χ1v) is 5.09. The summed E-state index contributed by atoms with van der Waals surface area (Å²) >= 11 is 0. The van der Waals surface area contributed by atoms with Crippen molar-refractivity contribution in [1.82, 2.24) is 5.32 Å². The van der Waals surface area contributed by atoms with Crippen LogP contribution in [0.15, 0.2) is 30.3 Å². The molecule has 0 aromatic heterocycles. The van der Waals surface area contributed by atoms with Crippen LogP contribution in [-0.2, 0) is 9.53 Å².